The number of amides is 1. The molecule has 0 saturated heterocycles. The molecule has 0 fully saturated rings. The van der Waals surface area contributed by atoms with Crippen molar-refractivity contribution in [2.24, 2.45) is 10.2 Å². The number of rotatable bonds is 3. The van der Waals surface area contributed by atoms with Crippen molar-refractivity contribution in [3.05, 3.63) is 53.1 Å². The van der Waals surface area contributed by atoms with Crippen LogP contribution < -0.4 is 14.8 Å². The third kappa shape index (κ3) is 2.52. The van der Waals surface area contributed by atoms with Crippen molar-refractivity contribution in [3.63, 3.8) is 0 Å². The van der Waals surface area contributed by atoms with E-state index in [4.69, 9.17) is 9.47 Å². The number of nitrogens with one attached hydrogen (secondary N) is 1. The van der Waals surface area contributed by atoms with Gasteiger partial charge in [0.15, 0.2) is 11.5 Å². The number of benzene rings is 2. The number of fused-ring (bicyclic) bond motifs is 2. The van der Waals surface area contributed by atoms with Crippen molar-refractivity contribution in [1.29, 1.82) is 0 Å². The van der Waals surface area contributed by atoms with E-state index in [1.807, 2.05) is 43.3 Å². The Morgan fingerprint density at radius 3 is 2.58 bits per heavy atom. The molecule has 120 valence electrons. The van der Waals surface area contributed by atoms with Crippen molar-refractivity contribution in [2.75, 3.05) is 12.1 Å². The largest absolute Gasteiger partial charge is 0.454 e. The molecule has 0 radical (unpaired) electrons. The number of ether oxygens (including phenoxy) is 2. The molecule has 6 nitrogen and oxygen atoms in total. The number of carbonyl (C=O) groups excluding carboxylic acids is 1. The Hall–Kier alpha value is -3.15. The predicted octanol–water partition coefficient (Wildman–Crippen LogP) is 2.75. The fourth-order valence-electron chi connectivity index (χ4n) is 2.86. The SMILES string of the molecule is CC1=NN=C(c2ccc(NC=O)cc2)c2cc3c(cc2C1)OCO3. The zero-order chi connectivity index (χ0) is 16.5. The van der Waals surface area contributed by atoms with Crippen LogP contribution in [-0.4, -0.2) is 24.6 Å². The molecule has 1 N–H and O–H groups in total. The fraction of sp³-hybridized carbons (Fsp3) is 0.167. The topological polar surface area (TPSA) is 72.3 Å². The molecule has 6 heteroatoms. The minimum absolute atomic E-state index is 0.240. The summed E-state index contributed by atoms with van der Waals surface area (Å²) in [6.07, 6.45) is 1.37. The maximum absolute atomic E-state index is 10.5. The lowest BCUT2D eigenvalue weighted by Crippen LogP contribution is -2.07. The second-order valence-electron chi connectivity index (χ2n) is 5.66. The van der Waals surface area contributed by atoms with E-state index in [2.05, 4.69) is 15.5 Å². The van der Waals surface area contributed by atoms with E-state index >= 15 is 0 Å². The lowest BCUT2D eigenvalue weighted by Gasteiger charge is -2.11. The smallest absolute Gasteiger partial charge is 0.231 e. The van der Waals surface area contributed by atoms with Crippen LogP contribution in [0.4, 0.5) is 5.69 Å². The molecule has 2 aliphatic rings. The van der Waals surface area contributed by atoms with Gasteiger partial charge in [-0.2, -0.15) is 5.10 Å². The molecule has 0 unspecified atom stereocenters. The van der Waals surface area contributed by atoms with Crippen molar-refractivity contribution in [2.45, 2.75) is 13.3 Å². The summed E-state index contributed by atoms with van der Waals surface area (Å²) in [5.74, 6) is 1.48. The van der Waals surface area contributed by atoms with Gasteiger partial charge in [0.2, 0.25) is 13.2 Å². The minimum atomic E-state index is 0.240. The molecule has 0 aliphatic carbocycles. The van der Waals surface area contributed by atoms with Gasteiger partial charge in [0.1, 0.15) is 5.71 Å². The first-order chi connectivity index (χ1) is 11.7. The molecule has 1 amide bonds. The number of carbonyl (C=O) groups is 1. The first kappa shape index (κ1) is 14.4. The highest BCUT2D eigenvalue weighted by atomic mass is 16.7. The molecular weight excluding hydrogens is 306 g/mol. The molecule has 2 aromatic rings. The third-order valence-electron chi connectivity index (χ3n) is 4.00. The first-order valence-electron chi connectivity index (χ1n) is 7.59. The zero-order valence-electron chi connectivity index (χ0n) is 13.1. The molecule has 0 bridgehead atoms. The summed E-state index contributed by atoms with van der Waals surface area (Å²) in [4.78, 5) is 10.5. The minimum Gasteiger partial charge on any atom is -0.454 e. The van der Waals surface area contributed by atoms with Crippen LogP contribution in [0.2, 0.25) is 0 Å². The summed E-state index contributed by atoms with van der Waals surface area (Å²) in [7, 11) is 0. The number of hydrogen-bond acceptors (Lipinski definition) is 5. The van der Waals surface area contributed by atoms with Gasteiger partial charge >= 0.3 is 0 Å². The van der Waals surface area contributed by atoms with Crippen LogP contribution in [0.25, 0.3) is 0 Å². The molecular formula is C18H15N3O3. The molecule has 0 atom stereocenters. The second-order valence-corrected chi connectivity index (χ2v) is 5.66. The van der Waals surface area contributed by atoms with Crippen molar-refractivity contribution >= 4 is 23.5 Å². The first-order valence-corrected chi connectivity index (χ1v) is 7.59. The number of hydrogen-bond donors (Lipinski definition) is 1. The Balaban J connectivity index is 1.81. The Labute approximate surface area is 138 Å². The van der Waals surface area contributed by atoms with Crippen LogP contribution >= 0.6 is 0 Å². The average Bonchev–Trinajstić information content (AvgIpc) is 2.97. The van der Waals surface area contributed by atoms with Gasteiger partial charge in [-0.05, 0) is 36.8 Å². The summed E-state index contributed by atoms with van der Waals surface area (Å²) in [5.41, 5.74) is 5.45. The number of nitrogens with zero attached hydrogens (tertiary/aromatic N) is 2. The van der Waals surface area contributed by atoms with Gasteiger partial charge < -0.3 is 14.8 Å². The van der Waals surface area contributed by atoms with E-state index < -0.39 is 0 Å². The van der Waals surface area contributed by atoms with Gasteiger partial charge in [0.25, 0.3) is 0 Å². The Bertz CT molecular complexity index is 870. The summed E-state index contributed by atoms with van der Waals surface area (Å²) >= 11 is 0. The van der Waals surface area contributed by atoms with Gasteiger partial charge in [0.05, 0.1) is 0 Å². The molecule has 4 rings (SSSR count). The van der Waals surface area contributed by atoms with Crippen LogP contribution in [0.5, 0.6) is 11.5 Å². The van der Waals surface area contributed by atoms with Gasteiger partial charge in [-0.25, -0.2) is 0 Å². The van der Waals surface area contributed by atoms with Gasteiger partial charge in [0, 0.05) is 28.9 Å². The molecule has 0 aromatic heterocycles. The number of anilines is 1. The maximum atomic E-state index is 10.5. The van der Waals surface area contributed by atoms with Gasteiger partial charge in [-0.1, -0.05) is 12.1 Å². The summed E-state index contributed by atoms with van der Waals surface area (Å²) in [6, 6.07) is 11.5. The highest BCUT2D eigenvalue weighted by Crippen LogP contribution is 2.36. The van der Waals surface area contributed by atoms with E-state index in [0.29, 0.717) is 12.8 Å². The van der Waals surface area contributed by atoms with Crippen molar-refractivity contribution in [1.82, 2.24) is 0 Å². The van der Waals surface area contributed by atoms with Crippen LogP contribution in [0.15, 0.2) is 46.6 Å². The monoisotopic (exact) mass is 321 g/mol. The normalized spacial score (nSPS) is 15.0. The predicted molar refractivity (Wildman–Crippen MR) is 91.1 cm³/mol. The second kappa shape index (κ2) is 5.81. The van der Waals surface area contributed by atoms with Crippen molar-refractivity contribution in [3.8, 4) is 11.5 Å². The summed E-state index contributed by atoms with van der Waals surface area (Å²) < 4.78 is 11.0. The summed E-state index contributed by atoms with van der Waals surface area (Å²) in [6.45, 7) is 2.20. The summed E-state index contributed by atoms with van der Waals surface area (Å²) in [5, 5.41) is 11.4. The van der Waals surface area contributed by atoms with Crippen LogP contribution in [0.3, 0.4) is 0 Å². The molecule has 24 heavy (non-hydrogen) atoms. The molecule has 2 aliphatic heterocycles. The molecule has 2 aromatic carbocycles. The van der Waals surface area contributed by atoms with E-state index in [1.54, 1.807) is 0 Å². The molecule has 0 spiro atoms. The van der Waals surface area contributed by atoms with Gasteiger partial charge in [-0.3, -0.25) is 4.79 Å². The van der Waals surface area contributed by atoms with Crippen LogP contribution in [-0.2, 0) is 11.2 Å². The fourth-order valence-corrected chi connectivity index (χ4v) is 2.86. The lowest BCUT2D eigenvalue weighted by atomic mass is 9.94. The van der Waals surface area contributed by atoms with Gasteiger partial charge in [-0.15, -0.1) is 5.10 Å². The zero-order valence-corrected chi connectivity index (χ0v) is 13.1. The standard InChI is InChI=1S/C18H15N3O3/c1-11-6-13-7-16-17(24-10-23-16)8-15(13)18(21-20-11)12-2-4-14(5-3-12)19-9-22/h2-5,7-9H,6,10H2,1H3,(H,19,22). The van der Waals surface area contributed by atoms with Crippen LogP contribution in [0.1, 0.15) is 23.6 Å². The highest BCUT2D eigenvalue weighted by molar-refractivity contribution is 6.15. The van der Waals surface area contributed by atoms with Crippen LogP contribution in [0, 0.1) is 0 Å². The lowest BCUT2D eigenvalue weighted by molar-refractivity contribution is -0.105. The Kier molecular flexibility index (Phi) is 3.49. The van der Waals surface area contributed by atoms with E-state index in [1.165, 1.54) is 0 Å². The average molecular weight is 321 g/mol. The Morgan fingerprint density at radius 2 is 1.83 bits per heavy atom. The molecule has 2 heterocycles. The Morgan fingerprint density at radius 1 is 1.08 bits per heavy atom. The third-order valence-corrected chi connectivity index (χ3v) is 4.00. The van der Waals surface area contributed by atoms with E-state index in [-0.39, 0.29) is 6.79 Å². The molecule has 0 saturated carbocycles. The van der Waals surface area contributed by atoms with Crippen molar-refractivity contribution < 1.29 is 14.3 Å². The maximum Gasteiger partial charge on any atom is 0.231 e. The quantitative estimate of drug-likeness (QED) is 0.884. The van der Waals surface area contributed by atoms with E-state index in [9.17, 15) is 4.79 Å². The van der Waals surface area contributed by atoms with E-state index in [0.717, 1.165) is 45.3 Å². The highest BCUT2D eigenvalue weighted by Gasteiger charge is 2.22.